The molecule has 0 amide bonds. The number of rotatable bonds is 12. The summed E-state index contributed by atoms with van der Waals surface area (Å²) in [5, 5.41) is 0. The minimum atomic E-state index is -0.746. The number of benzene rings is 4. The molecule has 4 heteroatoms. The van der Waals surface area contributed by atoms with Gasteiger partial charge in [-0.05, 0) is 41.0 Å². The molecule has 0 heterocycles. The molecule has 0 aromatic heterocycles. The Morgan fingerprint density at radius 2 is 1.03 bits per heavy atom. The van der Waals surface area contributed by atoms with E-state index in [9.17, 15) is 4.79 Å². The van der Waals surface area contributed by atoms with Crippen molar-refractivity contribution in [2.45, 2.75) is 5.60 Å². The Balaban J connectivity index is 1.42. The molecule has 4 nitrogen and oxygen atoms in total. The smallest absolute Gasteiger partial charge is 0.150 e. The van der Waals surface area contributed by atoms with Crippen molar-refractivity contribution in [3.63, 3.8) is 0 Å². The molecule has 0 unspecified atom stereocenters. The zero-order valence-electron chi connectivity index (χ0n) is 19.0. The summed E-state index contributed by atoms with van der Waals surface area (Å²) >= 11 is 0. The van der Waals surface area contributed by atoms with E-state index in [1.165, 1.54) is 0 Å². The van der Waals surface area contributed by atoms with Crippen LogP contribution in [-0.2, 0) is 15.1 Å². The molecule has 0 aliphatic heterocycles. The lowest BCUT2D eigenvalue weighted by Gasteiger charge is -2.36. The summed E-state index contributed by atoms with van der Waals surface area (Å²) in [4.78, 5) is 10.7. The van der Waals surface area contributed by atoms with Gasteiger partial charge in [-0.2, -0.15) is 0 Å². The van der Waals surface area contributed by atoms with Gasteiger partial charge in [0.15, 0.2) is 0 Å². The minimum absolute atomic E-state index is 0.409. The van der Waals surface area contributed by atoms with Gasteiger partial charge < -0.3 is 14.2 Å². The van der Waals surface area contributed by atoms with Crippen molar-refractivity contribution in [1.29, 1.82) is 0 Å². The maximum Gasteiger partial charge on any atom is 0.150 e. The van der Waals surface area contributed by atoms with Crippen LogP contribution in [0.5, 0.6) is 5.75 Å². The van der Waals surface area contributed by atoms with Crippen LogP contribution in [0.4, 0.5) is 0 Å². The van der Waals surface area contributed by atoms with Crippen molar-refractivity contribution >= 4 is 6.29 Å². The van der Waals surface area contributed by atoms with E-state index in [4.69, 9.17) is 14.2 Å². The highest BCUT2D eigenvalue weighted by Gasteiger charge is 2.37. The fourth-order valence-electron chi connectivity index (χ4n) is 3.99. The standard InChI is InChI=1S/C30H28O4/c31-24-25-16-18-29(19-17-25)33-22-20-32-21-23-34-30(26-10-4-1-5-11-26,27-12-6-2-7-13-27)28-14-8-3-9-15-28/h1-19,24H,20-23H2. The number of ether oxygens (including phenoxy) is 3. The first-order valence-corrected chi connectivity index (χ1v) is 11.4. The lowest BCUT2D eigenvalue weighted by atomic mass is 9.80. The first kappa shape index (κ1) is 23.4. The Morgan fingerprint density at radius 1 is 0.559 bits per heavy atom. The second kappa shape index (κ2) is 11.9. The number of carbonyl (C=O) groups is 1. The van der Waals surface area contributed by atoms with Gasteiger partial charge in [-0.15, -0.1) is 0 Å². The van der Waals surface area contributed by atoms with E-state index >= 15 is 0 Å². The molecule has 0 aliphatic carbocycles. The Kier molecular flexibility index (Phi) is 8.22. The third-order valence-corrected chi connectivity index (χ3v) is 5.60. The minimum Gasteiger partial charge on any atom is -0.491 e. The van der Waals surface area contributed by atoms with Gasteiger partial charge in [-0.3, -0.25) is 4.79 Å². The van der Waals surface area contributed by atoms with Crippen LogP contribution in [0.1, 0.15) is 27.0 Å². The van der Waals surface area contributed by atoms with Crippen molar-refractivity contribution in [2.75, 3.05) is 26.4 Å². The molecule has 4 aromatic carbocycles. The molecule has 0 fully saturated rings. The van der Waals surface area contributed by atoms with E-state index in [-0.39, 0.29) is 0 Å². The Bertz CT molecular complexity index is 1030. The van der Waals surface area contributed by atoms with Crippen LogP contribution in [0.3, 0.4) is 0 Å². The van der Waals surface area contributed by atoms with Crippen LogP contribution < -0.4 is 4.74 Å². The highest BCUT2D eigenvalue weighted by atomic mass is 16.6. The van der Waals surface area contributed by atoms with E-state index in [1.54, 1.807) is 24.3 Å². The highest BCUT2D eigenvalue weighted by molar-refractivity contribution is 5.74. The van der Waals surface area contributed by atoms with E-state index in [0.29, 0.717) is 37.7 Å². The summed E-state index contributed by atoms with van der Waals surface area (Å²) in [5.74, 6) is 0.710. The topological polar surface area (TPSA) is 44.8 Å². The molecule has 0 saturated carbocycles. The molecule has 172 valence electrons. The Labute approximate surface area is 200 Å². The zero-order chi connectivity index (χ0) is 23.5. The average Bonchev–Trinajstić information content (AvgIpc) is 2.92. The molecule has 0 radical (unpaired) electrons. The van der Waals surface area contributed by atoms with Gasteiger partial charge in [-0.25, -0.2) is 0 Å². The predicted octanol–water partition coefficient (Wildman–Crippen LogP) is 5.90. The first-order valence-electron chi connectivity index (χ1n) is 11.4. The Morgan fingerprint density at radius 3 is 1.50 bits per heavy atom. The molecule has 34 heavy (non-hydrogen) atoms. The molecule has 0 atom stereocenters. The molecule has 0 N–H and O–H groups in total. The molecule has 0 spiro atoms. The second-order valence-corrected chi connectivity index (χ2v) is 7.78. The number of aldehydes is 1. The third-order valence-electron chi connectivity index (χ3n) is 5.60. The predicted molar refractivity (Wildman–Crippen MR) is 133 cm³/mol. The summed E-state index contributed by atoms with van der Waals surface area (Å²) < 4.78 is 18.2. The number of hydrogen-bond donors (Lipinski definition) is 0. The van der Waals surface area contributed by atoms with Gasteiger partial charge in [0.1, 0.15) is 24.2 Å². The van der Waals surface area contributed by atoms with Crippen LogP contribution in [0, 0.1) is 0 Å². The van der Waals surface area contributed by atoms with E-state index < -0.39 is 5.60 Å². The summed E-state index contributed by atoms with van der Waals surface area (Å²) in [6.07, 6.45) is 0.813. The van der Waals surface area contributed by atoms with Crippen molar-refractivity contribution in [1.82, 2.24) is 0 Å². The second-order valence-electron chi connectivity index (χ2n) is 7.78. The SMILES string of the molecule is O=Cc1ccc(OCCOCCOC(c2ccccc2)(c2ccccc2)c2ccccc2)cc1. The molecular weight excluding hydrogens is 424 g/mol. The first-order chi connectivity index (χ1) is 16.8. The van der Waals surface area contributed by atoms with Crippen LogP contribution >= 0.6 is 0 Å². The lowest BCUT2D eigenvalue weighted by Crippen LogP contribution is -2.34. The molecular formula is C30H28O4. The average molecular weight is 453 g/mol. The van der Waals surface area contributed by atoms with E-state index in [1.807, 2.05) is 54.6 Å². The summed E-state index contributed by atoms with van der Waals surface area (Å²) in [6.45, 7) is 1.70. The van der Waals surface area contributed by atoms with E-state index in [0.717, 1.165) is 23.0 Å². The lowest BCUT2D eigenvalue weighted by molar-refractivity contribution is -0.0271. The van der Waals surface area contributed by atoms with Crippen LogP contribution in [-0.4, -0.2) is 32.7 Å². The third kappa shape index (κ3) is 5.60. The van der Waals surface area contributed by atoms with Crippen molar-refractivity contribution in [3.8, 4) is 5.75 Å². The van der Waals surface area contributed by atoms with Gasteiger partial charge in [-0.1, -0.05) is 91.0 Å². The maximum absolute atomic E-state index is 10.7. The summed E-state index contributed by atoms with van der Waals surface area (Å²) in [7, 11) is 0. The monoisotopic (exact) mass is 452 g/mol. The van der Waals surface area contributed by atoms with Crippen LogP contribution in [0.15, 0.2) is 115 Å². The van der Waals surface area contributed by atoms with Crippen molar-refractivity contribution in [2.24, 2.45) is 0 Å². The fraction of sp³-hybridized carbons (Fsp3) is 0.167. The van der Waals surface area contributed by atoms with Gasteiger partial charge >= 0.3 is 0 Å². The van der Waals surface area contributed by atoms with Crippen LogP contribution in [0.25, 0.3) is 0 Å². The quantitative estimate of drug-likeness (QED) is 0.152. The maximum atomic E-state index is 10.7. The molecule has 4 rings (SSSR count). The van der Waals surface area contributed by atoms with Gasteiger partial charge in [0.05, 0.1) is 19.8 Å². The van der Waals surface area contributed by atoms with Gasteiger partial charge in [0, 0.05) is 5.56 Å². The Hall–Kier alpha value is -3.73. The summed E-state index contributed by atoms with van der Waals surface area (Å²) in [5.41, 5.74) is 3.07. The summed E-state index contributed by atoms with van der Waals surface area (Å²) in [6, 6.07) is 37.9. The normalized spacial score (nSPS) is 11.2. The van der Waals surface area contributed by atoms with Crippen LogP contribution in [0.2, 0.25) is 0 Å². The molecule has 0 saturated heterocycles. The zero-order valence-corrected chi connectivity index (χ0v) is 19.0. The van der Waals surface area contributed by atoms with Gasteiger partial charge in [0.2, 0.25) is 0 Å². The van der Waals surface area contributed by atoms with E-state index in [2.05, 4.69) is 36.4 Å². The molecule has 0 bridgehead atoms. The van der Waals surface area contributed by atoms with Crippen molar-refractivity contribution < 1.29 is 19.0 Å². The molecule has 0 aliphatic rings. The highest BCUT2D eigenvalue weighted by Crippen LogP contribution is 2.40. The number of carbonyl (C=O) groups excluding carboxylic acids is 1. The largest absolute Gasteiger partial charge is 0.491 e. The fourth-order valence-corrected chi connectivity index (χ4v) is 3.99. The number of hydrogen-bond acceptors (Lipinski definition) is 4. The molecule has 4 aromatic rings. The van der Waals surface area contributed by atoms with Crippen molar-refractivity contribution in [3.05, 3.63) is 138 Å². The van der Waals surface area contributed by atoms with Gasteiger partial charge in [0.25, 0.3) is 0 Å².